The largest absolute Gasteiger partial charge is 0.481 e. The van der Waals surface area contributed by atoms with Crippen molar-refractivity contribution < 1.29 is 14.7 Å². The number of aliphatic carboxylic acids is 1. The second kappa shape index (κ2) is 9.01. The van der Waals surface area contributed by atoms with E-state index < -0.39 is 5.97 Å². The van der Waals surface area contributed by atoms with Crippen LogP contribution in [0.5, 0.6) is 0 Å². The molecule has 0 radical (unpaired) electrons. The molecule has 0 atom stereocenters. The zero-order valence-corrected chi connectivity index (χ0v) is 17.0. The summed E-state index contributed by atoms with van der Waals surface area (Å²) in [5, 5.41) is 10.9. The first-order chi connectivity index (χ1) is 13.5. The number of rotatable bonds is 9. The van der Waals surface area contributed by atoms with Crippen molar-refractivity contribution in [1.82, 2.24) is 14.3 Å². The van der Waals surface area contributed by atoms with E-state index in [-0.39, 0.29) is 25.3 Å². The standard InChI is InChI=1S/C21H25N3O3S/c1-3-10-23(11-9-20(26)27)19(25)12-17-14-28-21-22-18(13-24(17)21)16-7-5-15(4-2)6-8-16/h5-8,13-14H,3-4,9-12H2,1-2H3,(H,26,27). The molecule has 3 rings (SSSR count). The molecule has 0 unspecified atom stereocenters. The smallest absolute Gasteiger partial charge is 0.305 e. The van der Waals surface area contributed by atoms with Gasteiger partial charge >= 0.3 is 5.97 Å². The number of benzene rings is 1. The summed E-state index contributed by atoms with van der Waals surface area (Å²) in [5.41, 5.74) is 4.11. The van der Waals surface area contributed by atoms with Gasteiger partial charge in [-0.2, -0.15) is 0 Å². The first-order valence-electron chi connectivity index (χ1n) is 9.56. The normalized spacial score (nSPS) is 11.1. The lowest BCUT2D eigenvalue weighted by Gasteiger charge is -2.21. The highest BCUT2D eigenvalue weighted by Gasteiger charge is 2.18. The average molecular weight is 400 g/mol. The molecule has 2 heterocycles. The monoisotopic (exact) mass is 399 g/mol. The van der Waals surface area contributed by atoms with Crippen LogP contribution in [-0.4, -0.2) is 44.4 Å². The highest BCUT2D eigenvalue weighted by molar-refractivity contribution is 7.15. The lowest BCUT2D eigenvalue weighted by atomic mass is 10.1. The van der Waals surface area contributed by atoms with Gasteiger partial charge in [0.1, 0.15) is 0 Å². The van der Waals surface area contributed by atoms with Crippen LogP contribution in [0.15, 0.2) is 35.8 Å². The molecule has 2 aromatic heterocycles. The second-order valence-corrected chi connectivity index (χ2v) is 7.59. The second-order valence-electron chi connectivity index (χ2n) is 6.76. The Bertz CT molecular complexity index is 959. The topological polar surface area (TPSA) is 74.9 Å². The fourth-order valence-corrected chi connectivity index (χ4v) is 4.01. The summed E-state index contributed by atoms with van der Waals surface area (Å²) in [7, 11) is 0. The molecule has 1 N–H and O–H groups in total. The first kappa shape index (κ1) is 20.1. The molecule has 0 spiro atoms. The number of carboxylic acid groups (broad SMARTS) is 1. The maximum absolute atomic E-state index is 12.7. The predicted octanol–water partition coefficient (Wildman–Crippen LogP) is 3.88. The molecule has 0 aliphatic rings. The summed E-state index contributed by atoms with van der Waals surface area (Å²) < 4.78 is 1.97. The Balaban J connectivity index is 1.78. The van der Waals surface area contributed by atoms with Crippen LogP contribution in [0.4, 0.5) is 0 Å². The molecule has 7 heteroatoms. The number of amides is 1. The van der Waals surface area contributed by atoms with E-state index >= 15 is 0 Å². The molecule has 28 heavy (non-hydrogen) atoms. The molecular weight excluding hydrogens is 374 g/mol. The van der Waals surface area contributed by atoms with E-state index in [0.29, 0.717) is 6.54 Å². The van der Waals surface area contributed by atoms with Crippen molar-refractivity contribution in [2.24, 2.45) is 0 Å². The van der Waals surface area contributed by atoms with E-state index in [4.69, 9.17) is 5.11 Å². The van der Waals surface area contributed by atoms with Gasteiger partial charge in [-0.15, -0.1) is 11.3 Å². The maximum Gasteiger partial charge on any atom is 0.305 e. The quantitative estimate of drug-likeness (QED) is 0.592. The van der Waals surface area contributed by atoms with Crippen molar-refractivity contribution >= 4 is 28.2 Å². The third-order valence-electron chi connectivity index (χ3n) is 4.72. The summed E-state index contributed by atoms with van der Waals surface area (Å²) in [4.78, 5) is 30.7. The number of imidazole rings is 1. The number of thiazole rings is 1. The highest BCUT2D eigenvalue weighted by Crippen LogP contribution is 2.24. The van der Waals surface area contributed by atoms with E-state index in [2.05, 4.69) is 36.2 Å². The van der Waals surface area contributed by atoms with Crippen molar-refractivity contribution in [3.8, 4) is 11.3 Å². The molecule has 0 aliphatic carbocycles. The van der Waals surface area contributed by atoms with Crippen LogP contribution in [0.1, 0.15) is 37.9 Å². The van der Waals surface area contributed by atoms with Crippen LogP contribution >= 0.6 is 11.3 Å². The Labute approximate surface area is 168 Å². The summed E-state index contributed by atoms with van der Waals surface area (Å²) in [5.74, 6) is -0.939. The van der Waals surface area contributed by atoms with Crippen LogP contribution in [0.25, 0.3) is 16.2 Å². The Morgan fingerprint density at radius 3 is 2.57 bits per heavy atom. The van der Waals surface area contributed by atoms with Gasteiger partial charge in [-0.3, -0.25) is 14.0 Å². The highest BCUT2D eigenvalue weighted by atomic mass is 32.1. The molecule has 6 nitrogen and oxygen atoms in total. The maximum atomic E-state index is 12.7. The van der Waals surface area contributed by atoms with Crippen LogP contribution in [0, 0.1) is 0 Å². The fourth-order valence-electron chi connectivity index (χ4n) is 3.14. The van der Waals surface area contributed by atoms with Crippen molar-refractivity contribution in [2.75, 3.05) is 13.1 Å². The van der Waals surface area contributed by atoms with E-state index in [9.17, 15) is 9.59 Å². The lowest BCUT2D eigenvalue weighted by Crippen LogP contribution is -2.35. The Morgan fingerprint density at radius 2 is 1.93 bits per heavy atom. The van der Waals surface area contributed by atoms with Gasteiger partial charge in [0.05, 0.1) is 18.5 Å². The van der Waals surface area contributed by atoms with E-state index in [1.54, 1.807) is 4.90 Å². The van der Waals surface area contributed by atoms with Crippen LogP contribution < -0.4 is 0 Å². The predicted molar refractivity (Wildman–Crippen MR) is 111 cm³/mol. The Morgan fingerprint density at radius 1 is 1.18 bits per heavy atom. The summed E-state index contributed by atoms with van der Waals surface area (Å²) in [6, 6.07) is 8.37. The Hall–Kier alpha value is -2.67. The van der Waals surface area contributed by atoms with Gasteiger partial charge in [0.25, 0.3) is 0 Å². The van der Waals surface area contributed by atoms with E-state index in [0.717, 1.165) is 34.8 Å². The van der Waals surface area contributed by atoms with Crippen LogP contribution in [0.2, 0.25) is 0 Å². The molecule has 0 bridgehead atoms. The van der Waals surface area contributed by atoms with E-state index in [1.165, 1.54) is 16.9 Å². The number of carbonyl (C=O) groups is 2. The van der Waals surface area contributed by atoms with Gasteiger partial charge in [-0.25, -0.2) is 4.98 Å². The van der Waals surface area contributed by atoms with Gasteiger partial charge in [0.15, 0.2) is 4.96 Å². The fraction of sp³-hybridized carbons (Fsp3) is 0.381. The van der Waals surface area contributed by atoms with Gasteiger partial charge in [-0.05, 0) is 18.4 Å². The molecule has 0 aliphatic heterocycles. The van der Waals surface area contributed by atoms with Crippen molar-refractivity contribution in [3.63, 3.8) is 0 Å². The number of aryl methyl sites for hydroxylation is 1. The third-order valence-corrected chi connectivity index (χ3v) is 5.60. The number of carboxylic acids is 1. The molecule has 0 saturated heterocycles. The molecule has 1 amide bonds. The summed E-state index contributed by atoms with van der Waals surface area (Å²) >= 11 is 1.51. The van der Waals surface area contributed by atoms with E-state index in [1.807, 2.05) is 22.9 Å². The number of nitrogens with zero attached hydrogens (tertiary/aromatic N) is 3. The number of fused-ring (bicyclic) bond motifs is 1. The van der Waals surface area contributed by atoms with Gasteiger partial charge < -0.3 is 10.0 Å². The van der Waals surface area contributed by atoms with Crippen LogP contribution in [-0.2, 0) is 22.4 Å². The first-order valence-corrected chi connectivity index (χ1v) is 10.4. The molecule has 0 saturated carbocycles. The van der Waals surface area contributed by atoms with Crippen molar-refractivity contribution in [2.45, 2.75) is 39.5 Å². The number of hydrogen-bond acceptors (Lipinski definition) is 4. The summed E-state index contributed by atoms with van der Waals surface area (Å²) in [6.45, 7) is 4.92. The molecule has 3 aromatic rings. The molecule has 148 valence electrons. The minimum atomic E-state index is -0.889. The number of carbonyl (C=O) groups excluding carboxylic acids is 1. The third kappa shape index (κ3) is 4.59. The zero-order chi connectivity index (χ0) is 20.1. The van der Waals surface area contributed by atoms with Crippen molar-refractivity contribution in [3.05, 3.63) is 47.1 Å². The number of hydrogen-bond donors (Lipinski definition) is 1. The van der Waals surface area contributed by atoms with Crippen molar-refractivity contribution in [1.29, 1.82) is 0 Å². The van der Waals surface area contributed by atoms with Gasteiger partial charge in [-0.1, -0.05) is 38.1 Å². The minimum Gasteiger partial charge on any atom is -0.481 e. The molecular formula is C21H25N3O3S. The summed E-state index contributed by atoms with van der Waals surface area (Å²) in [6.07, 6.45) is 3.98. The average Bonchev–Trinajstić information content (AvgIpc) is 3.27. The molecule has 0 fully saturated rings. The Kier molecular flexibility index (Phi) is 6.46. The van der Waals surface area contributed by atoms with Gasteiger partial charge in [0.2, 0.25) is 5.91 Å². The van der Waals surface area contributed by atoms with Crippen LogP contribution in [0.3, 0.4) is 0 Å². The molecule has 1 aromatic carbocycles. The lowest BCUT2D eigenvalue weighted by molar-refractivity contribution is -0.138. The number of aromatic nitrogens is 2. The van der Waals surface area contributed by atoms with Gasteiger partial charge in [0, 0.05) is 35.9 Å². The minimum absolute atomic E-state index is 0.0340. The zero-order valence-electron chi connectivity index (χ0n) is 16.2. The SMILES string of the molecule is CCCN(CCC(=O)O)C(=O)Cc1csc2nc(-c3ccc(CC)cc3)cn12.